The molecule has 0 aliphatic carbocycles. The molecule has 0 saturated carbocycles. The molecular formula is C22H17F4N7O2. The average molecular weight is 487 g/mol. The van der Waals surface area contributed by atoms with Gasteiger partial charge in [-0.05, 0) is 37.5 Å². The van der Waals surface area contributed by atoms with Gasteiger partial charge in [0.05, 0.1) is 17.5 Å². The number of alkyl halides is 3. The van der Waals surface area contributed by atoms with Crippen LogP contribution in [-0.4, -0.2) is 41.6 Å². The lowest BCUT2D eigenvalue weighted by Gasteiger charge is -2.21. The molecule has 180 valence electrons. The molecule has 4 heterocycles. The summed E-state index contributed by atoms with van der Waals surface area (Å²) in [5.41, 5.74) is -0.879. The molecule has 1 aliphatic rings. The molecule has 1 atom stereocenters. The summed E-state index contributed by atoms with van der Waals surface area (Å²) in [5.74, 6) is -0.993. The minimum Gasteiger partial charge on any atom is -0.309 e. The van der Waals surface area contributed by atoms with Crippen molar-refractivity contribution < 1.29 is 22.4 Å². The maximum absolute atomic E-state index is 13.4. The molecule has 0 spiro atoms. The van der Waals surface area contributed by atoms with E-state index in [2.05, 4.69) is 30.4 Å². The second kappa shape index (κ2) is 7.96. The Kier molecular flexibility index (Phi) is 5.15. The third-order valence-corrected chi connectivity index (χ3v) is 5.97. The number of anilines is 1. The molecule has 35 heavy (non-hydrogen) atoms. The van der Waals surface area contributed by atoms with E-state index in [9.17, 15) is 27.2 Å². The Morgan fingerprint density at radius 2 is 1.86 bits per heavy atom. The van der Waals surface area contributed by atoms with E-state index in [-0.39, 0.29) is 47.1 Å². The summed E-state index contributed by atoms with van der Waals surface area (Å²) in [6.07, 6.45) is -2.85. The molecule has 5 rings (SSSR count). The molecule has 0 unspecified atom stereocenters. The van der Waals surface area contributed by atoms with Crippen LogP contribution in [0.5, 0.6) is 0 Å². The number of carbonyl (C=O) groups excluding carboxylic acids is 1. The highest BCUT2D eigenvalue weighted by Gasteiger charge is 2.47. The van der Waals surface area contributed by atoms with Gasteiger partial charge in [0.1, 0.15) is 29.1 Å². The van der Waals surface area contributed by atoms with Crippen molar-refractivity contribution in [2.24, 2.45) is 0 Å². The summed E-state index contributed by atoms with van der Waals surface area (Å²) in [7, 11) is 0. The van der Waals surface area contributed by atoms with E-state index < -0.39 is 35.3 Å². The molecule has 0 radical (unpaired) electrons. The van der Waals surface area contributed by atoms with Gasteiger partial charge >= 0.3 is 6.18 Å². The van der Waals surface area contributed by atoms with Gasteiger partial charge in [0.2, 0.25) is 5.91 Å². The normalized spacial score (nSPS) is 17.6. The van der Waals surface area contributed by atoms with Crippen molar-refractivity contribution >= 4 is 17.4 Å². The van der Waals surface area contributed by atoms with Crippen LogP contribution < -0.4 is 10.9 Å². The first kappa shape index (κ1) is 22.6. The number of nitrogens with one attached hydrogen (secondary N) is 2. The van der Waals surface area contributed by atoms with Gasteiger partial charge in [0.25, 0.3) is 5.56 Å². The maximum atomic E-state index is 13.4. The first-order valence-corrected chi connectivity index (χ1v) is 10.5. The molecule has 0 fully saturated rings. The van der Waals surface area contributed by atoms with Crippen LogP contribution in [0.4, 0.5) is 23.4 Å². The van der Waals surface area contributed by atoms with Crippen molar-refractivity contribution in [3.8, 4) is 11.5 Å². The number of aryl methyl sites for hydroxylation is 1. The number of benzene rings is 1. The van der Waals surface area contributed by atoms with Crippen molar-refractivity contribution in [3.63, 3.8) is 0 Å². The predicted octanol–water partition coefficient (Wildman–Crippen LogP) is 3.16. The number of hydrogen-bond acceptors (Lipinski definition) is 6. The lowest BCUT2D eigenvalue weighted by Crippen LogP contribution is -2.36. The fourth-order valence-corrected chi connectivity index (χ4v) is 4.18. The van der Waals surface area contributed by atoms with E-state index >= 15 is 0 Å². The number of amides is 1. The molecule has 4 aromatic rings. The van der Waals surface area contributed by atoms with Crippen molar-refractivity contribution in [1.82, 2.24) is 29.5 Å². The summed E-state index contributed by atoms with van der Waals surface area (Å²) < 4.78 is 52.6. The Balaban J connectivity index is 1.57. The summed E-state index contributed by atoms with van der Waals surface area (Å²) in [6, 6.07) is 5.23. The molecule has 0 bridgehead atoms. The number of H-pyrrole nitrogens is 1. The van der Waals surface area contributed by atoms with Crippen LogP contribution in [0, 0.1) is 5.82 Å². The van der Waals surface area contributed by atoms with Crippen LogP contribution in [-0.2, 0) is 16.6 Å². The summed E-state index contributed by atoms with van der Waals surface area (Å²) >= 11 is 0. The Morgan fingerprint density at radius 3 is 2.57 bits per heavy atom. The molecule has 13 heteroatoms. The van der Waals surface area contributed by atoms with Gasteiger partial charge in [-0.1, -0.05) is 12.1 Å². The summed E-state index contributed by atoms with van der Waals surface area (Å²) in [4.78, 5) is 41.4. The Bertz CT molecular complexity index is 1510. The van der Waals surface area contributed by atoms with Gasteiger partial charge in [-0.15, -0.1) is 0 Å². The number of aromatic amines is 1. The van der Waals surface area contributed by atoms with E-state index in [0.717, 1.165) is 0 Å². The molecule has 1 aliphatic heterocycles. The van der Waals surface area contributed by atoms with Crippen LogP contribution >= 0.6 is 0 Å². The van der Waals surface area contributed by atoms with Crippen molar-refractivity contribution in [1.29, 1.82) is 0 Å². The van der Waals surface area contributed by atoms with Gasteiger partial charge in [0.15, 0.2) is 11.5 Å². The predicted molar refractivity (Wildman–Crippen MR) is 115 cm³/mol. The number of fused-ring (bicyclic) bond motifs is 2. The highest BCUT2D eigenvalue weighted by Crippen LogP contribution is 2.40. The summed E-state index contributed by atoms with van der Waals surface area (Å²) in [5, 5.41) is 6.62. The quantitative estimate of drug-likeness (QED) is 0.418. The number of hydrogen-bond donors (Lipinski definition) is 2. The third kappa shape index (κ3) is 3.92. The van der Waals surface area contributed by atoms with E-state index in [0.29, 0.717) is 5.56 Å². The molecule has 0 saturated heterocycles. The average Bonchev–Trinajstić information content (AvgIpc) is 3.36. The zero-order valence-corrected chi connectivity index (χ0v) is 18.1. The van der Waals surface area contributed by atoms with Gasteiger partial charge in [-0.3, -0.25) is 9.59 Å². The molecule has 9 nitrogen and oxygen atoms in total. The topological polar surface area (TPSA) is 118 Å². The highest BCUT2D eigenvalue weighted by atomic mass is 19.4. The molecule has 3 aromatic heterocycles. The smallest absolute Gasteiger partial charge is 0.309 e. The number of rotatable bonds is 5. The zero-order valence-electron chi connectivity index (χ0n) is 18.1. The number of nitrogens with zero attached hydrogens (tertiary/aromatic N) is 5. The molecule has 2 N–H and O–H groups in total. The Morgan fingerprint density at radius 1 is 1.11 bits per heavy atom. The number of aromatic nitrogens is 6. The van der Waals surface area contributed by atoms with Gasteiger partial charge in [-0.2, -0.15) is 18.3 Å². The van der Waals surface area contributed by atoms with E-state index in [1.165, 1.54) is 48.2 Å². The standard InChI is InChI=1S/C22H17F4N7O2/c1-21(11-4-6-12(23)7-5-11)15-17(32-20(21)35)30-16(31-19(15)34)14-9-33-18(27-10-28-33)13(29-14)3-2-8-22(24,25)26/h4-7,9-10H,2-3,8H2,1H3,(H2,30,31,32,34,35)/t21-/m0/s1. The molecule has 1 aromatic carbocycles. The van der Waals surface area contributed by atoms with Crippen LogP contribution in [0.25, 0.3) is 17.2 Å². The first-order valence-electron chi connectivity index (χ1n) is 10.5. The third-order valence-electron chi connectivity index (χ3n) is 5.97. The van der Waals surface area contributed by atoms with E-state index in [4.69, 9.17) is 0 Å². The van der Waals surface area contributed by atoms with Crippen molar-refractivity contribution in [2.45, 2.75) is 37.8 Å². The lowest BCUT2D eigenvalue weighted by molar-refractivity contribution is -0.135. The van der Waals surface area contributed by atoms with Crippen molar-refractivity contribution in [3.05, 3.63) is 69.8 Å². The number of halogens is 4. The van der Waals surface area contributed by atoms with Crippen LogP contribution in [0.15, 0.2) is 41.6 Å². The van der Waals surface area contributed by atoms with E-state index in [1.807, 2.05) is 0 Å². The minimum absolute atomic E-state index is 0.00752. The summed E-state index contributed by atoms with van der Waals surface area (Å²) in [6.45, 7) is 1.54. The van der Waals surface area contributed by atoms with E-state index in [1.54, 1.807) is 0 Å². The fraction of sp³-hybridized carbons (Fsp3) is 0.273. The van der Waals surface area contributed by atoms with Crippen molar-refractivity contribution in [2.75, 3.05) is 5.32 Å². The van der Waals surface area contributed by atoms with Gasteiger partial charge in [-0.25, -0.2) is 23.9 Å². The van der Waals surface area contributed by atoms with Gasteiger partial charge < -0.3 is 10.3 Å². The minimum atomic E-state index is -4.30. The number of carbonyl (C=O) groups is 1. The molecule has 1 amide bonds. The molecular weight excluding hydrogens is 470 g/mol. The second-order valence-electron chi connectivity index (χ2n) is 8.29. The monoisotopic (exact) mass is 487 g/mol. The maximum Gasteiger partial charge on any atom is 0.389 e. The van der Waals surface area contributed by atoms with Gasteiger partial charge in [0, 0.05) is 6.42 Å². The van der Waals surface area contributed by atoms with Crippen LogP contribution in [0.1, 0.15) is 36.6 Å². The largest absolute Gasteiger partial charge is 0.389 e. The zero-order chi connectivity index (χ0) is 25.0. The Hall–Kier alpha value is -4.16. The first-order chi connectivity index (χ1) is 16.6. The second-order valence-corrected chi connectivity index (χ2v) is 8.29. The fourth-order valence-electron chi connectivity index (χ4n) is 4.18. The lowest BCUT2D eigenvalue weighted by atomic mass is 9.78. The van der Waals surface area contributed by atoms with Crippen LogP contribution in [0.3, 0.4) is 0 Å². The highest BCUT2D eigenvalue weighted by molar-refractivity contribution is 6.07. The Labute approximate surface area is 194 Å². The SMILES string of the molecule is C[C@@]1(c2ccc(F)cc2)C(=O)Nc2nc(-c3cn4ncnc4c(CCCC(F)(F)F)n3)[nH]c(=O)c21. The van der Waals surface area contributed by atoms with Crippen LogP contribution in [0.2, 0.25) is 0 Å².